The van der Waals surface area contributed by atoms with Gasteiger partial charge in [-0.05, 0) is 36.8 Å². The molecule has 0 radical (unpaired) electrons. The van der Waals surface area contributed by atoms with E-state index in [-0.39, 0.29) is 0 Å². The third kappa shape index (κ3) is 1.79. The lowest BCUT2D eigenvalue weighted by Crippen LogP contribution is -2.47. The van der Waals surface area contributed by atoms with Crippen molar-refractivity contribution in [2.45, 2.75) is 38.1 Å². The number of nitrogens with zero attached hydrogens (tertiary/aromatic N) is 1. The van der Waals surface area contributed by atoms with Crippen LogP contribution >= 0.6 is 0 Å². The summed E-state index contributed by atoms with van der Waals surface area (Å²) in [5, 5.41) is 3.48. The fourth-order valence-corrected chi connectivity index (χ4v) is 3.21. The molecule has 3 heteroatoms. The van der Waals surface area contributed by atoms with Crippen LogP contribution in [-0.4, -0.2) is 11.0 Å². The van der Waals surface area contributed by atoms with Crippen LogP contribution in [0.5, 0.6) is 0 Å². The van der Waals surface area contributed by atoms with Crippen molar-refractivity contribution < 1.29 is 4.39 Å². The normalized spacial score (nSPS) is 32.7. The fraction of sp³-hybridized carbons (Fsp3) is 0.615. The Morgan fingerprint density at radius 1 is 1.25 bits per heavy atom. The molecule has 16 heavy (non-hydrogen) atoms. The lowest BCUT2D eigenvalue weighted by atomic mass is 9.62. The van der Waals surface area contributed by atoms with Crippen LogP contribution in [0.4, 0.5) is 10.1 Å². The molecular formula is C13H17FN2. The maximum absolute atomic E-state index is 12.6. The summed E-state index contributed by atoms with van der Waals surface area (Å²) in [5.74, 6) is 1.38. The molecule has 2 fully saturated rings. The SMILES string of the molecule is Fc1ccc(NC2C[C@@H]3CCCC[C@H]23)cn1. The topological polar surface area (TPSA) is 24.9 Å². The van der Waals surface area contributed by atoms with Crippen LogP contribution in [0.15, 0.2) is 18.3 Å². The van der Waals surface area contributed by atoms with Crippen molar-refractivity contribution in [1.29, 1.82) is 0 Å². The summed E-state index contributed by atoms with van der Waals surface area (Å²) in [4.78, 5) is 3.67. The van der Waals surface area contributed by atoms with E-state index in [4.69, 9.17) is 0 Å². The van der Waals surface area contributed by atoms with Gasteiger partial charge in [0, 0.05) is 6.04 Å². The quantitative estimate of drug-likeness (QED) is 0.774. The van der Waals surface area contributed by atoms with Gasteiger partial charge in [0.1, 0.15) is 0 Å². The van der Waals surface area contributed by atoms with E-state index in [1.807, 2.05) is 0 Å². The van der Waals surface area contributed by atoms with E-state index in [9.17, 15) is 4.39 Å². The zero-order valence-corrected chi connectivity index (χ0v) is 9.32. The highest BCUT2D eigenvalue weighted by Crippen LogP contribution is 2.46. The van der Waals surface area contributed by atoms with Crippen LogP contribution in [0.25, 0.3) is 0 Å². The summed E-state index contributed by atoms with van der Waals surface area (Å²) in [6.45, 7) is 0. The Balaban J connectivity index is 1.61. The number of anilines is 1. The van der Waals surface area contributed by atoms with E-state index in [1.54, 1.807) is 12.3 Å². The standard InChI is InChI=1S/C13H17FN2/c14-13-6-5-10(8-15-13)16-12-7-9-3-1-2-4-11(9)12/h5-6,8-9,11-12,16H,1-4,7H2/t9-,11-,12?/m0/s1. The van der Waals surface area contributed by atoms with Gasteiger partial charge in [-0.1, -0.05) is 19.3 Å². The highest BCUT2D eigenvalue weighted by molar-refractivity contribution is 5.42. The van der Waals surface area contributed by atoms with Gasteiger partial charge in [0.2, 0.25) is 5.95 Å². The molecule has 0 bridgehead atoms. The van der Waals surface area contributed by atoms with Crippen LogP contribution in [0.3, 0.4) is 0 Å². The molecule has 0 aliphatic heterocycles. The summed E-state index contributed by atoms with van der Waals surface area (Å²) in [6.07, 6.45) is 8.42. The van der Waals surface area contributed by atoms with Gasteiger partial charge in [-0.2, -0.15) is 4.39 Å². The van der Waals surface area contributed by atoms with Gasteiger partial charge in [-0.15, -0.1) is 0 Å². The largest absolute Gasteiger partial charge is 0.381 e. The number of aromatic nitrogens is 1. The Morgan fingerprint density at radius 2 is 2.12 bits per heavy atom. The highest BCUT2D eigenvalue weighted by Gasteiger charge is 2.41. The number of fused-ring (bicyclic) bond motifs is 1. The van der Waals surface area contributed by atoms with Gasteiger partial charge in [-0.3, -0.25) is 0 Å². The Bertz CT molecular complexity index is 363. The van der Waals surface area contributed by atoms with Crippen molar-refractivity contribution in [1.82, 2.24) is 4.98 Å². The summed E-state index contributed by atoms with van der Waals surface area (Å²) in [5.41, 5.74) is 0.954. The third-order valence-corrected chi connectivity index (χ3v) is 4.12. The number of halogens is 1. The fourth-order valence-electron chi connectivity index (χ4n) is 3.21. The van der Waals surface area contributed by atoms with Crippen LogP contribution in [0, 0.1) is 17.8 Å². The summed E-state index contributed by atoms with van der Waals surface area (Å²) in [6, 6.07) is 3.79. The van der Waals surface area contributed by atoms with Gasteiger partial charge < -0.3 is 5.32 Å². The molecule has 2 aliphatic carbocycles. The zero-order valence-electron chi connectivity index (χ0n) is 9.32. The van der Waals surface area contributed by atoms with Gasteiger partial charge in [0.25, 0.3) is 0 Å². The highest BCUT2D eigenvalue weighted by atomic mass is 19.1. The molecule has 3 atom stereocenters. The lowest BCUT2D eigenvalue weighted by molar-refractivity contribution is 0.0949. The van der Waals surface area contributed by atoms with E-state index in [0.29, 0.717) is 6.04 Å². The van der Waals surface area contributed by atoms with Crippen molar-refractivity contribution in [2.24, 2.45) is 11.8 Å². The first-order valence-corrected chi connectivity index (χ1v) is 6.21. The predicted molar refractivity (Wildman–Crippen MR) is 61.7 cm³/mol. The number of hydrogen-bond donors (Lipinski definition) is 1. The van der Waals surface area contributed by atoms with Crippen LogP contribution in [0.2, 0.25) is 0 Å². The maximum Gasteiger partial charge on any atom is 0.212 e. The maximum atomic E-state index is 12.6. The molecule has 2 saturated carbocycles. The molecule has 2 aliphatic rings. The molecule has 86 valence electrons. The first kappa shape index (κ1) is 10.1. The van der Waals surface area contributed by atoms with Crippen molar-refractivity contribution in [3.05, 3.63) is 24.3 Å². The van der Waals surface area contributed by atoms with Gasteiger partial charge in [0.15, 0.2) is 0 Å². The molecule has 2 nitrogen and oxygen atoms in total. The average molecular weight is 220 g/mol. The second kappa shape index (κ2) is 4.04. The number of pyridine rings is 1. The lowest BCUT2D eigenvalue weighted by Gasteiger charge is -2.48. The van der Waals surface area contributed by atoms with E-state index in [2.05, 4.69) is 10.3 Å². The first-order valence-electron chi connectivity index (χ1n) is 6.21. The minimum atomic E-state index is -0.408. The first-order chi connectivity index (χ1) is 7.83. The van der Waals surface area contributed by atoms with Crippen LogP contribution in [0.1, 0.15) is 32.1 Å². The Kier molecular flexibility index (Phi) is 2.54. The summed E-state index contributed by atoms with van der Waals surface area (Å²) >= 11 is 0. The van der Waals surface area contributed by atoms with E-state index in [0.717, 1.165) is 17.5 Å². The molecular weight excluding hydrogens is 203 g/mol. The van der Waals surface area contributed by atoms with Crippen molar-refractivity contribution in [2.75, 3.05) is 5.32 Å². The van der Waals surface area contributed by atoms with E-state index >= 15 is 0 Å². The number of nitrogens with one attached hydrogen (secondary N) is 1. The molecule has 0 saturated heterocycles. The van der Waals surface area contributed by atoms with Crippen molar-refractivity contribution in [3.8, 4) is 0 Å². The minimum absolute atomic E-state index is 0.408. The Labute approximate surface area is 95.3 Å². The Hall–Kier alpha value is -1.12. The smallest absolute Gasteiger partial charge is 0.212 e. The van der Waals surface area contributed by atoms with E-state index < -0.39 is 5.95 Å². The predicted octanol–water partition coefficient (Wildman–Crippen LogP) is 3.21. The third-order valence-electron chi connectivity index (χ3n) is 4.12. The summed E-state index contributed by atoms with van der Waals surface area (Å²) in [7, 11) is 0. The average Bonchev–Trinajstić information content (AvgIpc) is 2.28. The van der Waals surface area contributed by atoms with Crippen LogP contribution in [-0.2, 0) is 0 Å². The number of hydrogen-bond acceptors (Lipinski definition) is 2. The van der Waals surface area contributed by atoms with Crippen LogP contribution < -0.4 is 5.32 Å². The second-order valence-corrected chi connectivity index (χ2v) is 5.06. The van der Waals surface area contributed by atoms with Crippen molar-refractivity contribution in [3.63, 3.8) is 0 Å². The molecule has 0 spiro atoms. The monoisotopic (exact) mass is 220 g/mol. The van der Waals surface area contributed by atoms with E-state index in [1.165, 1.54) is 38.2 Å². The molecule has 3 rings (SSSR count). The van der Waals surface area contributed by atoms with Gasteiger partial charge >= 0.3 is 0 Å². The molecule has 1 N–H and O–H groups in total. The summed E-state index contributed by atoms with van der Waals surface area (Å²) < 4.78 is 12.6. The molecule has 1 aromatic rings. The molecule has 1 aromatic heterocycles. The zero-order chi connectivity index (χ0) is 11.0. The molecule has 1 heterocycles. The van der Waals surface area contributed by atoms with Gasteiger partial charge in [0.05, 0.1) is 11.9 Å². The molecule has 1 unspecified atom stereocenters. The van der Waals surface area contributed by atoms with Gasteiger partial charge in [-0.25, -0.2) is 4.98 Å². The second-order valence-electron chi connectivity index (χ2n) is 5.06. The Morgan fingerprint density at radius 3 is 2.88 bits per heavy atom. The molecule has 0 aromatic carbocycles. The molecule has 0 amide bonds. The minimum Gasteiger partial charge on any atom is -0.381 e. The van der Waals surface area contributed by atoms with Crippen molar-refractivity contribution >= 4 is 5.69 Å². The number of rotatable bonds is 2.